The number of halogens is 2. The van der Waals surface area contributed by atoms with Crippen LogP contribution in [-0.4, -0.2) is 24.3 Å². The Bertz CT molecular complexity index is 680. The van der Waals surface area contributed by atoms with E-state index in [1.54, 1.807) is 0 Å². The van der Waals surface area contributed by atoms with Crippen molar-refractivity contribution in [2.24, 2.45) is 0 Å². The Kier molecular flexibility index (Phi) is 6.34. The predicted molar refractivity (Wildman–Crippen MR) is 90.2 cm³/mol. The number of ether oxygens (including phenoxy) is 3. The van der Waals surface area contributed by atoms with Crippen LogP contribution < -0.4 is 4.74 Å². The van der Waals surface area contributed by atoms with Crippen LogP contribution in [0.25, 0.3) is 6.08 Å². The smallest absolute Gasteiger partial charge is 0.348 e. The minimum atomic E-state index is -1.38. The van der Waals surface area contributed by atoms with Crippen molar-refractivity contribution < 1.29 is 32.6 Å². The number of unbranched alkanes of at least 4 members (excludes halogenated alkanes) is 3. The highest BCUT2D eigenvalue weighted by molar-refractivity contribution is 6.18. The standard InChI is InChI=1S/C19H22F2O5/c1-4-5-6-7-8-24-16-14(20)10-12(11-15(16)21)9-13-17(22)25-19(2,3)26-18(13)23/h9-11H,4-8H2,1-3H3. The predicted octanol–water partition coefficient (Wildman–Crippen LogP) is 4.14. The summed E-state index contributed by atoms with van der Waals surface area (Å²) in [5.41, 5.74) is -0.446. The molecule has 26 heavy (non-hydrogen) atoms. The van der Waals surface area contributed by atoms with Gasteiger partial charge in [0, 0.05) is 13.8 Å². The summed E-state index contributed by atoms with van der Waals surface area (Å²) in [4.78, 5) is 23.8. The second-order valence-electron chi connectivity index (χ2n) is 6.46. The molecule has 1 aliphatic rings. The Morgan fingerprint density at radius 3 is 2.15 bits per heavy atom. The lowest BCUT2D eigenvalue weighted by molar-refractivity contribution is -0.222. The van der Waals surface area contributed by atoms with Gasteiger partial charge in [0.2, 0.25) is 0 Å². The molecule has 0 aromatic heterocycles. The van der Waals surface area contributed by atoms with Crippen molar-refractivity contribution in [2.75, 3.05) is 6.61 Å². The van der Waals surface area contributed by atoms with Crippen molar-refractivity contribution in [3.05, 3.63) is 34.9 Å². The lowest BCUT2D eigenvalue weighted by atomic mass is 10.1. The van der Waals surface area contributed by atoms with Gasteiger partial charge in [-0.15, -0.1) is 0 Å². The van der Waals surface area contributed by atoms with Crippen LogP contribution in [0.1, 0.15) is 52.0 Å². The van der Waals surface area contributed by atoms with Gasteiger partial charge in [-0.25, -0.2) is 18.4 Å². The maximum absolute atomic E-state index is 14.1. The van der Waals surface area contributed by atoms with Gasteiger partial charge in [0.1, 0.15) is 5.57 Å². The summed E-state index contributed by atoms with van der Waals surface area (Å²) in [6.07, 6.45) is 4.73. The lowest BCUT2D eigenvalue weighted by Gasteiger charge is -2.29. The normalized spacial score (nSPS) is 16.1. The summed E-state index contributed by atoms with van der Waals surface area (Å²) in [5, 5.41) is 0. The summed E-state index contributed by atoms with van der Waals surface area (Å²) in [7, 11) is 0. The molecular formula is C19H22F2O5. The molecule has 0 amide bonds. The zero-order chi connectivity index (χ0) is 19.3. The van der Waals surface area contributed by atoms with E-state index in [4.69, 9.17) is 14.2 Å². The molecule has 7 heteroatoms. The minimum Gasteiger partial charge on any atom is -0.488 e. The van der Waals surface area contributed by atoms with E-state index in [2.05, 4.69) is 6.92 Å². The maximum Gasteiger partial charge on any atom is 0.348 e. The summed E-state index contributed by atoms with van der Waals surface area (Å²) < 4.78 is 43.3. The van der Waals surface area contributed by atoms with E-state index in [9.17, 15) is 18.4 Å². The zero-order valence-electron chi connectivity index (χ0n) is 15.1. The Morgan fingerprint density at radius 2 is 1.62 bits per heavy atom. The third-order valence-corrected chi connectivity index (χ3v) is 3.69. The number of benzene rings is 1. The molecule has 0 unspecified atom stereocenters. The Balaban J connectivity index is 2.14. The molecule has 0 aliphatic carbocycles. The molecular weight excluding hydrogens is 346 g/mol. The second kappa shape index (κ2) is 8.29. The average molecular weight is 368 g/mol. The van der Waals surface area contributed by atoms with Crippen molar-refractivity contribution in [2.45, 2.75) is 52.2 Å². The van der Waals surface area contributed by atoms with Gasteiger partial charge in [0.25, 0.3) is 5.79 Å². The molecule has 0 bridgehead atoms. The fourth-order valence-corrected chi connectivity index (χ4v) is 2.45. The molecule has 0 N–H and O–H groups in total. The minimum absolute atomic E-state index is 0.0121. The molecule has 0 radical (unpaired) electrons. The molecule has 142 valence electrons. The fraction of sp³-hybridized carbons (Fsp3) is 0.474. The highest BCUT2D eigenvalue weighted by Crippen LogP contribution is 2.27. The molecule has 1 aromatic carbocycles. The van der Waals surface area contributed by atoms with Crippen LogP contribution in [0.5, 0.6) is 5.75 Å². The molecule has 1 heterocycles. The molecule has 0 spiro atoms. The molecule has 1 saturated heterocycles. The van der Waals surface area contributed by atoms with Gasteiger partial charge in [-0.05, 0) is 30.2 Å². The fourth-order valence-electron chi connectivity index (χ4n) is 2.45. The van der Waals surface area contributed by atoms with Gasteiger partial charge in [-0.3, -0.25) is 0 Å². The number of carbonyl (C=O) groups excluding carboxylic acids is 2. The van der Waals surface area contributed by atoms with E-state index in [1.807, 2.05) is 0 Å². The topological polar surface area (TPSA) is 61.8 Å². The first-order valence-electron chi connectivity index (χ1n) is 8.53. The Hall–Kier alpha value is -2.44. The molecule has 1 aromatic rings. The average Bonchev–Trinajstić information content (AvgIpc) is 2.52. The van der Waals surface area contributed by atoms with Crippen molar-refractivity contribution >= 4 is 18.0 Å². The quantitative estimate of drug-likeness (QED) is 0.313. The molecule has 5 nitrogen and oxygen atoms in total. The van der Waals surface area contributed by atoms with Gasteiger partial charge in [-0.1, -0.05) is 26.2 Å². The summed E-state index contributed by atoms with van der Waals surface area (Å²) >= 11 is 0. The number of esters is 2. The van der Waals surface area contributed by atoms with Crippen LogP contribution in [0.3, 0.4) is 0 Å². The van der Waals surface area contributed by atoms with Crippen LogP contribution in [0.4, 0.5) is 8.78 Å². The molecule has 0 atom stereocenters. The summed E-state index contributed by atoms with van der Waals surface area (Å²) in [6.45, 7) is 5.09. The number of hydrogen-bond donors (Lipinski definition) is 0. The van der Waals surface area contributed by atoms with E-state index in [-0.39, 0.29) is 12.2 Å². The van der Waals surface area contributed by atoms with Gasteiger partial charge in [-0.2, -0.15) is 0 Å². The number of carbonyl (C=O) groups is 2. The molecule has 1 fully saturated rings. The molecule has 2 rings (SSSR count). The number of rotatable bonds is 7. The van der Waals surface area contributed by atoms with Crippen molar-refractivity contribution in [3.63, 3.8) is 0 Å². The highest BCUT2D eigenvalue weighted by atomic mass is 19.1. The van der Waals surface area contributed by atoms with Crippen LogP contribution in [0, 0.1) is 11.6 Å². The monoisotopic (exact) mass is 368 g/mol. The van der Waals surface area contributed by atoms with Crippen molar-refractivity contribution in [3.8, 4) is 5.75 Å². The van der Waals surface area contributed by atoms with E-state index < -0.39 is 40.7 Å². The Labute approximate surface area is 150 Å². The van der Waals surface area contributed by atoms with Crippen LogP contribution in [0.2, 0.25) is 0 Å². The van der Waals surface area contributed by atoms with Gasteiger partial charge in [0.05, 0.1) is 6.61 Å². The van der Waals surface area contributed by atoms with Crippen molar-refractivity contribution in [1.29, 1.82) is 0 Å². The Morgan fingerprint density at radius 1 is 1.04 bits per heavy atom. The maximum atomic E-state index is 14.1. The number of hydrogen-bond acceptors (Lipinski definition) is 5. The van der Waals surface area contributed by atoms with Crippen LogP contribution in [0.15, 0.2) is 17.7 Å². The lowest BCUT2D eigenvalue weighted by Crippen LogP contribution is -2.41. The first-order valence-corrected chi connectivity index (χ1v) is 8.53. The third kappa shape index (κ3) is 5.03. The van der Waals surface area contributed by atoms with E-state index >= 15 is 0 Å². The summed E-state index contributed by atoms with van der Waals surface area (Å²) in [6, 6.07) is 1.97. The van der Waals surface area contributed by atoms with Gasteiger partial charge in [0.15, 0.2) is 17.4 Å². The van der Waals surface area contributed by atoms with E-state index in [0.29, 0.717) is 6.42 Å². The van der Waals surface area contributed by atoms with Crippen LogP contribution in [-0.2, 0) is 19.1 Å². The van der Waals surface area contributed by atoms with Gasteiger partial charge >= 0.3 is 11.9 Å². The van der Waals surface area contributed by atoms with E-state index in [1.165, 1.54) is 13.8 Å². The zero-order valence-corrected chi connectivity index (χ0v) is 15.1. The van der Waals surface area contributed by atoms with Gasteiger partial charge < -0.3 is 14.2 Å². The van der Waals surface area contributed by atoms with Crippen LogP contribution >= 0.6 is 0 Å². The number of cyclic esters (lactones) is 2. The first kappa shape index (κ1) is 19.9. The summed E-state index contributed by atoms with van der Waals surface area (Å²) in [5.74, 6) is -5.50. The second-order valence-corrected chi connectivity index (χ2v) is 6.46. The largest absolute Gasteiger partial charge is 0.488 e. The highest BCUT2D eigenvalue weighted by Gasteiger charge is 2.38. The SMILES string of the molecule is CCCCCCOc1c(F)cc(C=C2C(=O)OC(C)(C)OC2=O)cc1F. The van der Waals surface area contributed by atoms with Crippen molar-refractivity contribution in [1.82, 2.24) is 0 Å². The first-order chi connectivity index (χ1) is 12.2. The van der Waals surface area contributed by atoms with E-state index in [0.717, 1.165) is 37.5 Å². The third-order valence-electron chi connectivity index (χ3n) is 3.69. The molecule has 0 saturated carbocycles. The molecule has 1 aliphatic heterocycles.